The summed E-state index contributed by atoms with van der Waals surface area (Å²) >= 11 is 0. The van der Waals surface area contributed by atoms with Gasteiger partial charge in [0.2, 0.25) is 41.4 Å². The number of likely N-dealkylation sites (N-methyl/N-ethyl adjacent to an activating group) is 4. The number of carbonyl (C=O) groups is 9. The summed E-state index contributed by atoms with van der Waals surface area (Å²) in [6.07, 6.45) is -0.292. The van der Waals surface area contributed by atoms with Crippen molar-refractivity contribution in [2.24, 2.45) is 29.6 Å². The van der Waals surface area contributed by atoms with Gasteiger partial charge in [-0.25, -0.2) is 9.18 Å². The minimum atomic E-state index is -1.99. The molecule has 3 aromatic carbocycles. The van der Waals surface area contributed by atoms with Gasteiger partial charge in [-0.1, -0.05) is 142 Å². The quantitative estimate of drug-likeness (QED) is 0.133. The average Bonchev–Trinajstić information content (AvgIpc) is 1.84. The molecular weight excluding hydrogens is 1100 g/mol. The van der Waals surface area contributed by atoms with Crippen molar-refractivity contribution in [2.75, 3.05) is 34.7 Å². The van der Waals surface area contributed by atoms with Gasteiger partial charge in [-0.15, -0.1) is 0 Å². The molecule has 1 unspecified atom stereocenters. The number of hydrogen-bond acceptors (Lipinski definition) is 11. The van der Waals surface area contributed by atoms with Crippen LogP contribution in [0.15, 0.2) is 78.9 Å². The highest BCUT2D eigenvalue weighted by molar-refractivity contribution is 5.99. The molecule has 5 rings (SSSR count). The van der Waals surface area contributed by atoms with Gasteiger partial charge in [-0.2, -0.15) is 0 Å². The van der Waals surface area contributed by atoms with Crippen LogP contribution in [0.2, 0.25) is 0 Å². The van der Waals surface area contributed by atoms with Crippen LogP contribution in [0.4, 0.5) is 4.39 Å². The van der Waals surface area contributed by atoms with Gasteiger partial charge in [0.05, 0.1) is 5.60 Å². The van der Waals surface area contributed by atoms with E-state index in [1.54, 1.807) is 115 Å². The Morgan fingerprint density at radius 3 is 1.67 bits per heavy atom. The van der Waals surface area contributed by atoms with E-state index < -0.39 is 143 Å². The molecular formula is C66H95FN8O11. The zero-order valence-corrected chi connectivity index (χ0v) is 53.4. The van der Waals surface area contributed by atoms with Crippen molar-refractivity contribution in [1.29, 1.82) is 0 Å². The van der Waals surface area contributed by atoms with Crippen molar-refractivity contribution in [3.05, 3.63) is 95.8 Å². The summed E-state index contributed by atoms with van der Waals surface area (Å²) in [6.45, 7) is 20.4. The topological polar surface area (TPSA) is 235 Å². The van der Waals surface area contributed by atoms with Gasteiger partial charge < -0.3 is 50.3 Å². The summed E-state index contributed by atoms with van der Waals surface area (Å²) in [7, 11) is 5.60. The number of carbonyl (C=O) groups excluding carboxylic acids is 9. The third-order valence-electron chi connectivity index (χ3n) is 17.1. The molecule has 0 aliphatic carbocycles. The molecule has 0 aromatic heterocycles. The highest BCUT2D eigenvalue weighted by Gasteiger charge is 2.48. The maximum absolute atomic E-state index is 15.6. The number of cyclic esters (lactones) is 1. The highest BCUT2D eigenvalue weighted by Crippen LogP contribution is 2.29. The van der Waals surface area contributed by atoms with E-state index in [1.807, 2.05) is 20.8 Å². The lowest BCUT2D eigenvalue weighted by molar-refractivity contribution is -0.177. The van der Waals surface area contributed by atoms with Crippen LogP contribution in [0, 0.1) is 35.4 Å². The molecule has 0 spiro atoms. The second kappa shape index (κ2) is 30.4. The smallest absolute Gasteiger partial charge is 0.332 e. The molecule has 2 aliphatic heterocycles. The van der Waals surface area contributed by atoms with Gasteiger partial charge in [0, 0.05) is 53.5 Å². The molecule has 2 heterocycles. The molecule has 0 bridgehead atoms. The number of aliphatic hydroxyl groups is 1. The van der Waals surface area contributed by atoms with E-state index in [9.17, 15) is 33.5 Å². The fourth-order valence-electron chi connectivity index (χ4n) is 11.9. The zero-order valence-electron chi connectivity index (χ0n) is 53.4. The van der Waals surface area contributed by atoms with Crippen LogP contribution < -0.4 is 16.0 Å². The largest absolute Gasteiger partial charge is 0.450 e. The molecule has 472 valence electrons. The number of fused-ring (bicyclic) bond motifs is 1. The molecule has 4 N–H and O–H groups in total. The van der Waals surface area contributed by atoms with E-state index >= 15 is 19.2 Å². The van der Waals surface area contributed by atoms with Crippen LogP contribution >= 0.6 is 0 Å². The predicted molar refractivity (Wildman–Crippen MR) is 327 cm³/mol. The maximum atomic E-state index is 15.6. The summed E-state index contributed by atoms with van der Waals surface area (Å²) < 4.78 is 20.7. The monoisotopic (exact) mass is 1190 g/mol. The lowest BCUT2D eigenvalue weighted by atomic mass is 9.93. The molecule has 8 amide bonds. The van der Waals surface area contributed by atoms with Crippen molar-refractivity contribution in [3.63, 3.8) is 0 Å². The predicted octanol–water partition coefficient (Wildman–Crippen LogP) is 6.18. The second-order valence-electron chi connectivity index (χ2n) is 25.4. The van der Waals surface area contributed by atoms with Crippen LogP contribution in [-0.4, -0.2) is 178 Å². The third kappa shape index (κ3) is 17.1. The van der Waals surface area contributed by atoms with Gasteiger partial charge in [-0.05, 0) is 97.6 Å². The first-order valence-corrected chi connectivity index (χ1v) is 30.4. The first-order chi connectivity index (χ1) is 40.3. The lowest BCUT2D eigenvalue weighted by Crippen LogP contribution is -2.63. The Bertz CT molecular complexity index is 2880. The summed E-state index contributed by atoms with van der Waals surface area (Å²) in [6, 6.07) is 11.6. The zero-order chi connectivity index (χ0) is 64.2. The minimum Gasteiger partial charge on any atom is -0.450 e. The standard InChI is InChI=1S/C66H95FN8O11/c1-17-41(9)52-63(82)72(14)53(39(5)6)58(77)68-48(33-38(3)4)61(80)74(16)56(66(11,12)85)65(84)86-55(42(10)18-2)64(83)73(15)54(40(7)8)59(78)69-49(35-43-25-20-19-21-26-43)60(79)71(13)51(62(81)75-32-24-31-50(75)57(76)70-52)36-44-27-22-28-45(34-44)46-29-23-30-47(67)37-46/h19-23,25-30,34,37-42,48-56,85H,17-18,24,31-33,35-36H2,1-16H3,(H,68,77)(H,69,78)(H,70,76)/t41-,42-,48-,49-,50?,51-,52-,53-,54-,55+,56+/m0/s1. The highest BCUT2D eigenvalue weighted by atomic mass is 19.1. The van der Waals surface area contributed by atoms with Crippen LogP contribution in [0.3, 0.4) is 0 Å². The van der Waals surface area contributed by atoms with Gasteiger partial charge in [-0.3, -0.25) is 38.4 Å². The number of nitrogens with one attached hydrogen (secondary N) is 3. The summed E-state index contributed by atoms with van der Waals surface area (Å²) in [5.41, 5.74) is 0.469. The number of halogens is 1. The fourth-order valence-corrected chi connectivity index (χ4v) is 11.9. The Morgan fingerprint density at radius 1 is 0.593 bits per heavy atom. The number of ether oxygens (including phenoxy) is 1. The third-order valence-corrected chi connectivity index (χ3v) is 17.1. The van der Waals surface area contributed by atoms with Crippen molar-refractivity contribution in [2.45, 2.75) is 188 Å². The molecule has 2 aliphatic rings. The van der Waals surface area contributed by atoms with Crippen LogP contribution in [-0.2, 0) is 60.7 Å². The number of rotatable bonds is 14. The van der Waals surface area contributed by atoms with Crippen molar-refractivity contribution in [1.82, 2.24) is 40.4 Å². The van der Waals surface area contributed by atoms with Gasteiger partial charge in [0.25, 0.3) is 5.91 Å². The number of nitrogens with zero attached hydrogens (tertiary/aromatic N) is 5. The van der Waals surface area contributed by atoms with Crippen molar-refractivity contribution >= 4 is 53.2 Å². The molecule has 2 saturated heterocycles. The number of hydrogen-bond donors (Lipinski definition) is 4. The fraction of sp³-hybridized carbons (Fsp3) is 0.591. The normalized spacial score (nSPS) is 25.3. The summed E-state index contributed by atoms with van der Waals surface area (Å²) in [5, 5.41) is 20.5. The summed E-state index contributed by atoms with van der Waals surface area (Å²) in [4.78, 5) is 142. The SMILES string of the molecule is CC[C@H](C)[C@@H]1NC(=O)C2CCCN2C(=O)[C@H](Cc2cccc(-c3cccc(F)c3)c2)N(C)C(=O)[C@H](Cc2ccccc2)NC(=O)[C@H](C(C)C)N(C)C(=O)[C@@H]([C@@H](C)CC)OC(=O)[C@H](C(C)(C)O)N(C)C(=O)[C@H](CC(C)C)NC(=O)[C@H](C(C)C)N(C)C1=O. The molecule has 19 nitrogen and oxygen atoms in total. The Hall–Kier alpha value is -7.22. The lowest BCUT2D eigenvalue weighted by Gasteiger charge is -2.39. The average molecular weight is 1200 g/mol. The van der Waals surface area contributed by atoms with Gasteiger partial charge in [0.15, 0.2) is 12.1 Å². The van der Waals surface area contributed by atoms with E-state index in [0.717, 1.165) is 4.90 Å². The Morgan fingerprint density at radius 2 is 1.13 bits per heavy atom. The maximum Gasteiger partial charge on any atom is 0.332 e. The van der Waals surface area contributed by atoms with E-state index in [1.165, 1.54) is 73.8 Å². The van der Waals surface area contributed by atoms with E-state index in [4.69, 9.17) is 4.74 Å². The molecule has 0 radical (unpaired) electrons. The minimum absolute atomic E-state index is 0.0586. The summed E-state index contributed by atoms with van der Waals surface area (Å²) in [5.74, 6) is -9.57. The number of esters is 1. The van der Waals surface area contributed by atoms with Crippen LogP contribution in [0.25, 0.3) is 11.1 Å². The molecule has 11 atom stereocenters. The van der Waals surface area contributed by atoms with E-state index in [2.05, 4.69) is 16.0 Å². The molecule has 2 fully saturated rings. The Balaban J connectivity index is 1.73. The second-order valence-corrected chi connectivity index (χ2v) is 25.4. The Labute approximate surface area is 508 Å². The molecule has 3 aromatic rings. The van der Waals surface area contributed by atoms with Crippen molar-refractivity contribution in [3.8, 4) is 11.1 Å². The van der Waals surface area contributed by atoms with Gasteiger partial charge >= 0.3 is 5.97 Å². The van der Waals surface area contributed by atoms with E-state index in [0.29, 0.717) is 41.5 Å². The van der Waals surface area contributed by atoms with Crippen LogP contribution in [0.1, 0.15) is 126 Å². The van der Waals surface area contributed by atoms with Gasteiger partial charge in [0.1, 0.15) is 48.1 Å². The molecule has 20 heteroatoms. The van der Waals surface area contributed by atoms with E-state index in [-0.39, 0.29) is 38.1 Å². The van der Waals surface area contributed by atoms with Crippen LogP contribution in [0.5, 0.6) is 0 Å². The number of amides is 8. The first kappa shape index (κ1) is 69.6. The first-order valence-electron chi connectivity index (χ1n) is 30.4. The van der Waals surface area contributed by atoms with Crippen molar-refractivity contribution < 1.29 is 57.4 Å². The molecule has 0 saturated carbocycles. The number of benzene rings is 3. The molecule has 86 heavy (non-hydrogen) atoms. The Kier molecular flexibility index (Phi) is 24.6.